The van der Waals surface area contributed by atoms with Crippen molar-refractivity contribution in [2.75, 3.05) is 6.61 Å². The largest absolute Gasteiger partial charge is 0.483 e. The van der Waals surface area contributed by atoms with Gasteiger partial charge in [0.05, 0.1) is 6.21 Å². The van der Waals surface area contributed by atoms with Crippen LogP contribution >= 0.6 is 15.9 Å². The molecular weight excluding hydrogens is 356 g/mol. The first-order valence-corrected chi connectivity index (χ1v) is 8.03. The molecule has 4 nitrogen and oxygen atoms in total. The number of halogens is 1. The molecule has 0 saturated heterocycles. The molecule has 0 aliphatic carbocycles. The van der Waals surface area contributed by atoms with E-state index in [-0.39, 0.29) is 12.5 Å². The molecular formula is C18H19BrN2O2. The predicted octanol–water partition coefficient (Wildman–Crippen LogP) is 3.90. The molecule has 0 aliphatic heterocycles. The molecule has 0 aromatic heterocycles. The summed E-state index contributed by atoms with van der Waals surface area (Å²) in [6.45, 7) is 5.90. The zero-order valence-corrected chi connectivity index (χ0v) is 15.0. The van der Waals surface area contributed by atoms with E-state index in [1.54, 1.807) is 6.21 Å². The van der Waals surface area contributed by atoms with Crippen molar-refractivity contribution in [3.8, 4) is 5.75 Å². The molecule has 0 fully saturated rings. The summed E-state index contributed by atoms with van der Waals surface area (Å²) in [6, 6.07) is 11.7. The molecule has 0 saturated carbocycles. The van der Waals surface area contributed by atoms with Crippen molar-refractivity contribution in [3.63, 3.8) is 0 Å². The van der Waals surface area contributed by atoms with Gasteiger partial charge in [0.1, 0.15) is 5.75 Å². The molecule has 1 amide bonds. The number of aryl methyl sites for hydroxylation is 2. The third-order valence-corrected chi connectivity index (χ3v) is 4.02. The van der Waals surface area contributed by atoms with Crippen LogP contribution in [0.3, 0.4) is 0 Å². The van der Waals surface area contributed by atoms with Gasteiger partial charge >= 0.3 is 0 Å². The van der Waals surface area contributed by atoms with Crippen molar-refractivity contribution in [2.45, 2.75) is 20.8 Å². The number of carbonyl (C=O) groups is 1. The molecule has 0 bridgehead atoms. The third-order valence-electron chi connectivity index (χ3n) is 3.49. The van der Waals surface area contributed by atoms with Crippen molar-refractivity contribution in [3.05, 3.63) is 63.1 Å². The minimum atomic E-state index is -0.293. The SMILES string of the molecule is Cc1ccc(C)c(OCC(=O)N/N=C\c2ccc(Br)cc2)c1C. The number of nitrogens with one attached hydrogen (secondary N) is 1. The first-order valence-electron chi connectivity index (χ1n) is 7.24. The summed E-state index contributed by atoms with van der Waals surface area (Å²) in [5.41, 5.74) is 6.57. The van der Waals surface area contributed by atoms with E-state index in [4.69, 9.17) is 4.74 Å². The molecule has 1 N–H and O–H groups in total. The third kappa shape index (κ3) is 4.93. The molecule has 0 heterocycles. The highest BCUT2D eigenvalue weighted by atomic mass is 79.9. The Morgan fingerprint density at radius 1 is 1.13 bits per heavy atom. The summed E-state index contributed by atoms with van der Waals surface area (Å²) in [7, 11) is 0. The van der Waals surface area contributed by atoms with Crippen molar-refractivity contribution >= 4 is 28.1 Å². The van der Waals surface area contributed by atoms with Crippen LogP contribution in [0, 0.1) is 20.8 Å². The summed E-state index contributed by atoms with van der Waals surface area (Å²) in [4.78, 5) is 11.8. The molecule has 120 valence electrons. The maximum atomic E-state index is 11.8. The van der Waals surface area contributed by atoms with Gasteiger partial charge in [-0.15, -0.1) is 0 Å². The number of nitrogens with zero attached hydrogens (tertiary/aromatic N) is 1. The van der Waals surface area contributed by atoms with Gasteiger partial charge < -0.3 is 4.74 Å². The number of amides is 1. The highest BCUT2D eigenvalue weighted by Crippen LogP contribution is 2.25. The molecule has 23 heavy (non-hydrogen) atoms. The Morgan fingerprint density at radius 3 is 2.48 bits per heavy atom. The van der Waals surface area contributed by atoms with Gasteiger partial charge in [-0.25, -0.2) is 5.43 Å². The molecule has 2 aromatic carbocycles. The van der Waals surface area contributed by atoms with Crippen LogP contribution in [0.4, 0.5) is 0 Å². The van der Waals surface area contributed by atoms with E-state index in [2.05, 4.69) is 26.5 Å². The van der Waals surface area contributed by atoms with Gasteiger partial charge in [-0.3, -0.25) is 4.79 Å². The smallest absolute Gasteiger partial charge is 0.277 e. The van der Waals surface area contributed by atoms with E-state index >= 15 is 0 Å². The summed E-state index contributed by atoms with van der Waals surface area (Å²) in [5, 5.41) is 3.93. The Hall–Kier alpha value is -2.14. The molecule has 2 rings (SSSR count). The van der Waals surface area contributed by atoms with Gasteiger partial charge in [0.2, 0.25) is 0 Å². The maximum absolute atomic E-state index is 11.8. The Morgan fingerprint density at radius 2 is 1.78 bits per heavy atom. The lowest BCUT2D eigenvalue weighted by molar-refractivity contribution is -0.123. The van der Waals surface area contributed by atoms with E-state index in [0.29, 0.717) is 0 Å². The second-order valence-electron chi connectivity index (χ2n) is 5.29. The van der Waals surface area contributed by atoms with Crippen molar-refractivity contribution in [2.24, 2.45) is 5.10 Å². The van der Waals surface area contributed by atoms with Crippen LogP contribution in [0.25, 0.3) is 0 Å². The number of rotatable bonds is 5. The summed E-state index contributed by atoms with van der Waals surface area (Å²) in [5.74, 6) is 0.468. The summed E-state index contributed by atoms with van der Waals surface area (Å²) >= 11 is 3.37. The van der Waals surface area contributed by atoms with Crippen LogP contribution in [-0.4, -0.2) is 18.7 Å². The lowest BCUT2D eigenvalue weighted by atomic mass is 10.1. The van der Waals surface area contributed by atoms with Gasteiger partial charge in [-0.05, 0) is 55.2 Å². The van der Waals surface area contributed by atoms with Crippen LogP contribution in [0.15, 0.2) is 46.0 Å². The van der Waals surface area contributed by atoms with Crippen LogP contribution in [0.2, 0.25) is 0 Å². The average Bonchev–Trinajstić information content (AvgIpc) is 2.53. The van der Waals surface area contributed by atoms with E-state index < -0.39 is 0 Å². The van der Waals surface area contributed by atoms with E-state index in [1.807, 2.05) is 57.2 Å². The summed E-state index contributed by atoms with van der Waals surface area (Å²) in [6.07, 6.45) is 1.59. The first kappa shape index (κ1) is 17.2. The zero-order valence-electron chi connectivity index (χ0n) is 13.4. The minimum Gasteiger partial charge on any atom is -0.483 e. The molecule has 0 aliphatic rings. The highest BCUT2D eigenvalue weighted by Gasteiger charge is 2.08. The second-order valence-corrected chi connectivity index (χ2v) is 6.20. The first-order chi connectivity index (χ1) is 11.0. The summed E-state index contributed by atoms with van der Waals surface area (Å²) < 4.78 is 6.63. The van der Waals surface area contributed by atoms with E-state index in [0.717, 1.165) is 32.5 Å². The quantitative estimate of drug-likeness (QED) is 0.637. The number of hydrogen-bond donors (Lipinski definition) is 1. The molecule has 0 unspecified atom stereocenters. The fraction of sp³-hybridized carbons (Fsp3) is 0.222. The number of ether oxygens (including phenoxy) is 1. The van der Waals surface area contributed by atoms with Gasteiger partial charge in [0, 0.05) is 4.47 Å². The Labute approximate surface area is 144 Å². The van der Waals surface area contributed by atoms with Crippen molar-refractivity contribution in [1.82, 2.24) is 5.43 Å². The lowest BCUT2D eigenvalue weighted by Gasteiger charge is -2.13. The molecule has 0 spiro atoms. The van der Waals surface area contributed by atoms with Crippen LogP contribution < -0.4 is 10.2 Å². The van der Waals surface area contributed by atoms with Crippen LogP contribution in [0.5, 0.6) is 5.75 Å². The van der Waals surface area contributed by atoms with Crippen LogP contribution in [0.1, 0.15) is 22.3 Å². The standard InChI is InChI=1S/C18H19BrN2O2/c1-12-4-5-13(2)18(14(12)3)23-11-17(22)21-20-10-15-6-8-16(19)9-7-15/h4-10H,11H2,1-3H3,(H,21,22)/b20-10-. The fourth-order valence-corrected chi connectivity index (χ4v) is 2.31. The topological polar surface area (TPSA) is 50.7 Å². The van der Waals surface area contributed by atoms with E-state index in [9.17, 15) is 4.79 Å². The van der Waals surface area contributed by atoms with Gasteiger partial charge in [0.25, 0.3) is 5.91 Å². The van der Waals surface area contributed by atoms with Crippen molar-refractivity contribution in [1.29, 1.82) is 0 Å². The Kier molecular flexibility index (Phi) is 5.93. The molecule has 5 heteroatoms. The van der Waals surface area contributed by atoms with E-state index in [1.165, 1.54) is 0 Å². The number of carbonyl (C=O) groups excluding carboxylic acids is 1. The maximum Gasteiger partial charge on any atom is 0.277 e. The monoisotopic (exact) mass is 374 g/mol. The lowest BCUT2D eigenvalue weighted by Crippen LogP contribution is -2.25. The number of hydrogen-bond acceptors (Lipinski definition) is 3. The fourth-order valence-electron chi connectivity index (χ4n) is 2.05. The normalized spacial score (nSPS) is 10.8. The Balaban J connectivity index is 1.88. The van der Waals surface area contributed by atoms with Gasteiger partial charge in [-0.1, -0.05) is 40.2 Å². The second kappa shape index (κ2) is 7.92. The number of benzene rings is 2. The molecule has 2 aromatic rings. The zero-order chi connectivity index (χ0) is 16.8. The van der Waals surface area contributed by atoms with Crippen LogP contribution in [-0.2, 0) is 4.79 Å². The Bertz CT molecular complexity index is 725. The number of hydrazone groups is 1. The molecule has 0 radical (unpaired) electrons. The minimum absolute atomic E-state index is 0.0667. The highest BCUT2D eigenvalue weighted by molar-refractivity contribution is 9.10. The van der Waals surface area contributed by atoms with Crippen molar-refractivity contribution < 1.29 is 9.53 Å². The van der Waals surface area contributed by atoms with Gasteiger partial charge in [-0.2, -0.15) is 5.10 Å². The van der Waals surface area contributed by atoms with Gasteiger partial charge in [0.15, 0.2) is 6.61 Å². The average molecular weight is 375 g/mol. The molecule has 0 atom stereocenters. The predicted molar refractivity (Wildman–Crippen MR) is 96.0 cm³/mol.